The lowest BCUT2D eigenvalue weighted by molar-refractivity contribution is -0.873. The summed E-state index contributed by atoms with van der Waals surface area (Å²) >= 11 is 4.99. The molecule has 0 N–H and O–H groups in total. The SMILES string of the molecule is CC(C)(C)OC(=O)[N+]1(C([O-])=S)[C@@H](c2ccccc2)COC1(C)C. The fourth-order valence-electron chi connectivity index (χ4n) is 2.97. The molecule has 0 saturated carbocycles. The van der Waals surface area contributed by atoms with Gasteiger partial charge < -0.3 is 14.6 Å². The molecule has 1 unspecified atom stereocenters. The molecule has 0 spiro atoms. The van der Waals surface area contributed by atoms with Gasteiger partial charge in [-0.2, -0.15) is 9.28 Å². The van der Waals surface area contributed by atoms with Gasteiger partial charge in [-0.3, -0.25) is 0 Å². The van der Waals surface area contributed by atoms with Crippen molar-refractivity contribution in [3.63, 3.8) is 0 Å². The molecule has 0 aromatic heterocycles. The third-order valence-electron chi connectivity index (χ3n) is 4.07. The Morgan fingerprint density at radius 2 is 1.91 bits per heavy atom. The molecule has 5 nitrogen and oxygen atoms in total. The highest BCUT2D eigenvalue weighted by Gasteiger charge is 2.64. The van der Waals surface area contributed by atoms with Crippen molar-refractivity contribution in [1.82, 2.24) is 0 Å². The van der Waals surface area contributed by atoms with E-state index in [9.17, 15) is 9.90 Å². The van der Waals surface area contributed by atoms with Crippen LogP contribution in [0.4, 0.5) is 4.79 Å². The van der Waals surface area contributed by atoms with E-state index in [0.29, 0.717) is 0 Å². The van der Waals surface area contributed by atoms with Crippen LogP contribution in [0.1, 0.15) is 46.2 Å². The largest absolute Gasteiger partial charge is 0.821 e. The van der Waals surface area contributed by atoms with Gasteiger partial charge in [-0.15, -0.1) is 0 Å². The predicted octanol–water partition coefficient (Wildman–Crippen LogP) is 2.89. The van der Waals surface area contributed by atoms with Gasteiger partial charge in [-0.1, -0.05) is 30.3 Å². The Morgan fingerprint density at radius 3 is 2.39 bits per heavy atom. The van der Waals surface area contributed by atoms with Gasteiger partial charge in [0.1, 0.15) is 12.2 Å². The lowest BCUT2D eigenvalue weighted by Gasteiger charge is -2.45. The Morgan fingerprint density at radius 1 is 1.35 bits per heavy atom. The van der Waals surface area contributed by atoms with E-state index in [1.54, 1.807) is 34.6 Å². The Bertz CT molecular complexity index is 609. The quantitative estimate of drug-likeness (QED) is 0.582. The molecule has 1 heterocycles. The number of amides is 1. The Kier molecular flexibility index (Phi) is 4.54. The molecular formula is C17H23NO4S. The summed E-state index contributed by atoms with van der Waals surface area (Å²) in [6.45, 7) is 8.90. The van der Waals surface area contributed by atoms with Crippen molar-refractivity contribution in [3.05, 3.63) is 35.9 Å². The first kappa shape index (κ1) is 17.8. The zero-order chi connectivity index (χ0) is 17.5. The lowest BCUT2D eigenvalue weighted by atomic mass is 10.0. The molecule has 1 aromatic carbocycles. The maximum absolute atomic E-state index is 13.0. The van der Waals surface area contributed by atoms with E-state index in [1.807, 2.05) is 30.3 Å². The minimum Gasteiger partial charge on any atom is -0.821 e. The van der Waals surface area contributed by atoms with Crippen molar-refractivity contribution < 1.29 is 23.9 Å². The third kappa shape index (κ3) is 2.98. The van der Waals surface area contributed by atoms with Gasteiger partial charge in [0.15, 0.2) is 11.2 Å². The van der Waals surface area contributed by atoms with Gasteiger partial charge in [0.05, 0.1) is 0 Å². The Labute approximate surface area is 142 Å². The van der Waals surface area contributed by atoms with Crippen molar-refractivity contribution in [3.8, 4) is 0 Å². The molecule has 0 radical (unpaired) electrons. The van der Waals surface area contributed by atoms with Crippen LogP contribution in [0.25, 0.3) is 0 Å². The van der Waals surface area contributed by atoms with E-state index in [4.69, 9.17) is 21.7 Å². The molecule has 1 aliphatic heterocycles. The Hall–Kier alpha value is -1.50. The number of thiocarbonyl (C=S) groups is 1. The molecule has 0 bridgehead atoms. The number of nitrogens with zero attached hydrogens (tertiary/aromatic N) is 1. The van der Waals surface area contributed by atoms with E-state index >= 15 is 0 Å². The second-order valence-corrected chi connectivity index (χ2v) is 7.50. The molecule has 1 amide bonds. The highest BCUT2D eigenvalue weighted by molar-refractivity contribution is 7.79. The van der Waals surface area contributed by atoms with Crippen molar-refractivity contribution in [2.75, 3.05) is 6.61 Å². The normalized spacial score (nSPS) is 26.7. The first-order valence-corrected chi connectivity index (χ1v) is 7.96. The topological polar surface area (TPSA) is 58.6 Å². The number of quaternary nitrogens is 1. The van der Waals surface area contributed by atoms with Gasteiger partial charge in [0.2, 0.25) is 5.72 Å². The highest BCUT2D eigenvalue weighted by atomic mass is 32.1. The molecule has 1 aromatic rings. The fourth-order valence-corrected chi connectivity index (χ4v) is 3.39. The Balaban J connectivity index is 2.59. The summed E-state index contributed by atoms with van der Waals surface area (Å²) < 4.78 is 10.7. The monoisotopic (exact) mass is 337 g/mol. The molecule has 2 rings (SSSR count). The molecule has 126 valence electrons. The first-order chi connectivity index (χ1) is 10.5. The smallest absolute Gasteiger partial charge is 0.524 e. The van der Waals surface area contributed by atoms with Crippen LogP contribution in [0.15, 0.2) is 30.3 Å². The number of carbonyl (C=O) groups excluding carboxylic acids is 1. The van der Waals surface area contributed by atoms with Crippen molar-refractivity contribution >= 4 is 23.5 Å². The minimum atomic E-state index is -1.10. The van der Waals surface area contributed by atoms with Crippen LogP contribution in [0.2, 0.25) is 0 Å². The number of benzene rings is 1. The van der Waals surface area contributed by atoms with Crippen molar-refractivity contribution in [2.24, 2.45) is 0 Å². The molecule has 2 atom stereocenters. The zero-order valence-corrected chi connectivity index (χ0v) is 15.0. The lowest BCUT2D eigenvalue weighted by Crippen LogP contribution is -2.69. The average molecular weight is 337 g/mol. The summed E-state index contributed by atoms with van der Waals surface area (Å²) in [5.74, 6) is 0. The van der Waals surface area contributed by atoms with E-state index in [2.05, 4.69) is 0 Å². The molecule has 1 saturated heterocycles. The van der Waals surface area contributed by atoms with Crippen LogP contribution in [0.5, 0.6) is 0 Å². The maximum Gasteiger partial charge on any atom is 0.524 e. The van der Waals surface area contributed by atoms with E-state index in [1.165, 1.54) is 0 Å². The van der Waals surface area contributed by atoms with Crippen LogP contribution in [-0.2, 0) is 9.47 Å². The molecular weight excluding hydrogens is 314 g/mol. The summed E-state index contributed by atoms with van der Waals surface area (Å²) in [5, 5.41) is 11.8. The molecule has 23 heavy (non-hydrogen) atoms. The van der Waals surface area contributed by atoms with Gasteiger partial charge in [-0.05, 0) is 33.0 Å². The first-order valence-electron chi connectivity index (χ1n) is 7.55. The minimum absolute atomic E-state index is 0.221. The predicted molar refractivity (Wildman–Crippen MR) is 88.3 cm³/mol. The molecule has 1 aliphatic rings. The van der Waals surface area contributed by atoms with Crippen LogP contribution >= 0.6 is 12.2 Å². The van der Waals surface area contributed by atoms with E-state index in [-0.39, 0.29) is 6.61 Å². The second kappa shape index (κ2) is 5.85. The van der Waals surface area contributed by atoms with Crippen molar-refractivity contribution in [2.45, 2.75) is 52.0 Å². The second-order valence-electron chi connectivity index (χ2n) is 7.15. The summed E-state index contributed by atoms with van der Waals surface area (Å²) in [6, 6.07) is 8.81. The number of rotatable bonds is 1. The van der Waals surface area contributed by atoms with Gasteiger partial charge >= 0.3 is 6.09 Å². The van der Waals surface area contributed by atoms with Crippen LogP contribution in [0.3, 0.4) is 0 Å². The maximum atomic E-state index is 13.0. The van der Waals surface area contributed by atoms with Gasteiger partial charge in [0.25, 0.3) is 0 Å². The molecule has 6 heteroatoms. The van der Waals surface area contributed by atoms with E-state index < -0.39 is 33.1 Å². The molecule has 1 fully saturated rings. The summed E-state index contributed by atoms with van der Waals surface area (Å²) in [4.78, 5) is 13.0. The van der Waals surface area contributed by atoms with Crippen LogP contribution < -0.4 is 5.11 Å². The zero-order valence-electron chi connectivity index (χ0n) is 14.2. The number of carbonyl (C=O) groups is 1. The summed E-state index contributed by atoms with van der Waals surface area (Å²) in [5.41, 5.74) is -1.00. The van der Waals surface area contributed by atoms with Gasteiger partial charge in [0, 0.05) is 19.4 Å². The average Bonchev–Trinajstić information content (AvgIpc) is 2.70. The van der Waals surface area contributed by atoms with E-state index in [0.717, 1.165) is 5.56 Å². The fraction of sp³-hybridized carbons (Fsp3) is 0.529. The number of ether oxygens (including phenoxy) is 2. The van der Waals surface area contributed by atoms with Crippen LogP contribution in [-0.4, -0.2) is 33.7 Å². The highest BCUT2D eigenvalue weighted by Crippen LogP contribution is 2.46. The molecule has 0 aliphatic carbocycles. The standard InChI is InChI=1S/C17H23NO4S/c1-16(2,3)22-14(19)18(15(20)23)13(11-21-17(18,4)5)12-9-7-6-8-10-12/h6-10,13H,11H2,1-5H3/t13-,18?/m1/s1. The van der Waals surface area contributed by atoms with Gasteiger partial charge in [-0.25, -0.2) is 0 Å². The summed E-state index contributed by atoms with van der Waals surface area (Å²) in [7, 11) is 0. The van der Waals surface area contributed by atoms with Crippen LogP contribution in [0, 0.1) is 0 Å². The van der Waals surface area contributed by atoms with Crippen molar-refractivity contribution in [1.29, 1.82) is 0 Å². The number of hydrogen-bond donors (Lipinski definition) is 0. The number of hydrogen-bond acceptors (Lipinski definition) is 5. The summed E-state index contributed by atoms with van der Waals surface area (Å²) in [6.07, 6.45) is -0.672. The third-order valence-corrected chi connectivity index (χ3v) is 4.35.